The van der Waals surface area contributed by atoms with Gasteiger partial charge in [-0.2, -0.15) is 0 Å². The molecule has 1 N–H and O–H groups in total. The van der Waals surface area contributed by atoms with E-state index in [2.05, 4.69) is 6.58 Å². The number of carbonyl (C=O) groups is 2. The summed E-state index contributed by atoms with van der Waals surface area (Å²) >= 11 is 0. The van der Waals surface area contributed by atoms with Crippen LogP contribution in [0.25, 0.3) is 0 Å². The van der Waals surface area contributed by atoms with Gasteiger partial charge in [-0.15, -0.1) is 0 Å². The van der Waals surface area contributed by atoms with Crippen molar-refractivity contribution in [1.29, 1.82) is 0 Å². The smallest absolute Gasteiger partial charge is 0.166 e. The second-order valence-corrected chi connectivity index (χ2v) is 8.12. The molecule has 0 heterocycles. The minimum absolute atomic E-state index is 0.00286. The zero-order valence-electron chi connectivity index (χ0n) is 17.3. The van der Waals surface area contributed by atoms with E-state index in [1.165, 1.54) is 0 Å². The molecule has 0 spiro atoms. The van der Waals surface area contributed by atoms with Crippen LogP contribution in [-0.2, 0) is 9.59 Å². The Morgan fingerprint density at radius 1 is 1.21 bits per heavy atom. The van der Waals surface area contributed by atoms with Gasteiger partial charge in [0.15, 0.2) is 23.1 Å². The number of Topliss-reactive ketones (excluding diaryl/α,β-unsaturated/α-hetero) is 2. The quantitative estimate of drug-likeness (QED) is 0.808. The van der Waals surface area contributed by atoms with E-state index in [4.69, 9.17) is 4.74 Å². The fraction of sp³-hybridized carbons (Fsp3) is 0.417. The molecule has 0 saturated heterocycles. The second-order valence-electron chi connectivity index (χ2n) is 8.12. The summed E-state index contributed by atoms with van der Waals surface area (Å²) in [5.74, 6) is -0.166. The first kappa shape index (κ1) is 20.1. The fourth-order valence-corrected chi connectivity index (χ4v) is 4.89. The highest BCUT2D eigenvalue weighted by Gasteiger charge is 2.63. The summed E-state index contributed by atoms with van der Waals surface area (Å²) in [6, 6.07) is 5.31. The summed E-state index contributed by atoms with van der Waals surface area (Å²) in [5.41, 5.74) is 0.538. The van der Waals surface area contributed by atoms with Gasteiger partial charge in [-0.25, -0.2) is 0 Å². The Balaban J connectivity index is 2.33. The first-order valence-corrected chi connectivity index (χ1v) is 9.69. The number of rotatable bonds is 4. The number of para-hydroxylation sites is 1. The minimum Gasteiger partial charge on any atom is -0.504 e. The average molecular weight is 380 g/mol. The molecule has 0 amide bonds. The van der Waals surface area contributed by atoms with Crippen molar-refractivity contribution in [3.05, 3.63) is 59.2 Å². The molecular formula is C24H28O4. The molecule has 4 heteroatoms. The fourth-order valence-electron chi connectivity index (χ4n) is 4.89. The molecule has 0 fully saturated rings. The maximum atomic E-state index is 13.6. The van der Waals surface area contributed by atoms with Crippen LogP contribution in [0.4, 0.5) is 0 Å². The lowest BCUT2D eigenvalue weighted by molar-refractivity contribution is -0.147. The molecule has 0 saturated carbocycles. The van der Waals surface area contributed by atoms with Crippen molar-refractivity contribution in [3.63, 3.8) is 0 Å². The van der Waals surface area contributed by atoms with Crippen molar-refractivity contribution in [2.75, 3.05) is 6.61 Å². The van der Waals surface area contributed by atoms with Gasteiger partial charge in [0.25, 0.3) is 0 Å². The molecule has 0 aliphatic heterocycles. The molecule has 1 aromatic rings. The predicted octanol–water partition coefficient (Wildman–Crippen LogP) is 4.89. The molecular weight excluding hydrogens is 352 g/mol. The SMILES string of the molecule is C=CC1=CC[C@@]2(C)C(=O)C(C)=C(C)C(=O)[C@@]2(C)[C@H]1c1cccc(OCC)c1O. The van der Waals surface area contributed by atoms with E-state index in [1.54, 1.807) is 38.1 Å². The van der Waals surface area contributed by atoms with Crippen LogP contribution >= 0.6 is 0 Å². The van der Waals surface area contributed by atoms with Gasteiger partial charge in [0.1, 0.15) is 0 Å². The van der Waals surface area contributed by atoms with E-state index >= 15 is 0 Å². The van der Waals surface area contributed by atoms with Crippen LogP contribution in [0, 0.1) is 10.8 Å². The number of hydrogen-bond acceptors (Lipinski definition) is 4. The second kappa shape index (κ2) is 6.77. The Kier molecular flexibility index (Phi) is 4.86. The highest BCUT2D eigenvalue weighted by atomic mass is 16.5. The number of phenolic OH excluding ortho intramolecular Hbond substituents is 1. The standard InChI is InChI=1S/C24H28O4/c1-7-16-12-13-23(5)21(26)14(3)15(4)22(27)24(23,6)19(16)17-10-9-11-18(20(17)25)28-8-2/h7,9-12,19,25H,1,8,13H2,2-6H3/t19-,23+,24-/m1/s1. The van der Waals surface area contributed by atoms with Crippen molar-refractivity contribution < 1.29 is 19.4 Å². The monoisotopic (exact) mass is 380 g/mol. The summed E-state index contributed by atoms with van der Waals surface area (Å²) in [7, 11) is 0. The van der Waals surface area contributed by atoms with E-state index < -0.39 is 16.7 Å². The highest BCUT2D eigenvalue weighted by Crippen LogP contribution is 2.63. The minimum atomic E-state index is -1.03. The Morgan fingerprint density at radius 3 is 2.46 bits per heavy atom. The van der Waals surface area contributed by atoms with Crippen molar-refractivity contribution in [1.82, 2.24) is 0 Å². The van der Waals surface area contributed by atoms with Gasteiger partial charge in [0.2, 0.25) is 0 Å². The summed E-state index contributed by atoms with van der Waals surface area (Å²) in [6.07, 6.45) is 4.16. The first-order valence-electron chi connectivity index (χ1n) is 9.69. The Morgan fingerprint density at radius 2 is 1.86 bits per heavy atom. The zero-order valence-corrected chi connectivity index (χ0v) is 17.3. The maximum Gasteiger partial charge on any atom is 0.166 e. The molecule has 148 valence electrons. The Hall–Kier alpha value is -2.62. The van der Waals surface area contributed by atoms with Gasteiger partial charge in [-0.1, -0.05) is 44.7 Å². The van der Waals surface area contributed by atoms with Crippen molar-refractivity contribution >= 4 is 11.6 Å². The van der Waals surface area contributed by atoms with E-state index in [1.807, 2.05) is 26.8 Å². The topological polar surface area (TPSA) is 63.6 Å². The van der Waals surface area contributed by atoms with Gasteiger partial charge in [-0.3, -0.25) is 9.59 Å². The zero-order chi connectivity index (χ0) is 20.9. The molecule has 0 unspecified atom stereocenters. The molecule has 0 bridgehead atoms. The summed E-state index contributed by atoms with van der Waals surface area (Å²) in [6.45, 7) is 13.4. The van der Waals surface area contributed by atoms with Crippen LogP contribution in [-0.4, -0.2) is 23.3 Å². The van der Waals surface area contributed by atoms with Gasteiger partial charge < -0.3 is 9.84 Å². The third kappa shape index (κ3) is 2.43. The predicted molar refractivity (Wildman–Crippen MR) is 110 cm³/mol. The Labute approximate surface area is 166 Å². The summed E-state index contributed by atoms with van der Waals surface area (Å²) in [4.78, 5) is 26.9. The summed E-state index contributed by atoms with van der Waals surface area (Å²) in [5, 5.41) is 10.9. The molecule has 1 aromatic carbocycles. The molecule has 3 rings (SSSR count). The number of benzene rings is 1. The van der Waals surface area contributed by atoms with Gasteiger partial charge in [0.05, 0.1) is 12.0 Å². The summed E-state index contributed by atoms with van der Waals surface area (Å²) < 4.78 is 5.56. The van der Waals surface area contributed by atoms with Gasteiger partial charge in [0, 0.05) is 16.9 Å². The molecule has 28 heavy (non-hydrogen) atoms. The number of carbonyl (C=O) groups excluding carboxylic acids is 2. The largest absolute Gasteiger partial charge is 0.504 e. The maximum absolute atomic E-state index is 13.6. The lowest BCUT2D eigenvalue weighted by Crippen LogP contribution is -2.57. The van der Waals surface area contributed by atoms with E-state index in [9.17, 15) is 14.7 Å². The van der Waals surface area contributed by atoms with Crippen LogP contribution in [0.1, 0.15) is 52.5 Å². The number of hydrogen-bond donors (Lipinski definition) is 1. The molecule has 0 aromatic heterocycles. The van der Waals surface area contributed by atoms with Gasteiger partial charge >= 0.3 is 0 Å². The van der Waals surface area contributed by atoms with Crippen molar-refractivity contribution in [3.8, 4) is 11.5 Å². The molecule has 2 aliphatic carbocycles. The van der Waals surface area contributed by atoms with Crippen LogP contribution in [0.15, 0.2) is 53.6 Å². The molecule has 4 nitrogen and oxygen atoms in total. The number of ether oxygens (including phenoxy) is 1. The third-order valence-corrected chi connectivity index (χ3v) is 6.90. The third-order valence-electron chi connectivity index (χ3n) is 6.90. The van der Waals surface area contributed by atoms with Crippen LogP contribution in [0.5, 0.6) is 11.5 Å². The van der Waals surface area contributed by atoms with Crippen LogP contribution in [0.2, 0.25) is 0 Å². The van der Waals surface area contributed by atoms with E-state index in [0.717, 1.165) is 5.57 Å². The molecule has 0 radical (unpaired) electrons. The molecule has 3 atom stereocenters. The lowest BCUT2D eigenvalue weighted by atomic mass is 9.45. The highest BCUT2D eigenvalue weighted by molar-refractivity contribution is 6.17. The van der Waals surface area contributed by atoms with Gasteiger partial charge in [-0.05, 0) is 50.0 Å². The van der Waals surface area contributed by atoms with E-state index in [0.29, 0.717) is 35.5 Å². The van der Waals surface area contributed by atoms with Crippen molar-refractivity contribution in [2.24, 2.45) is 10.8 Å². The number of phenols is 1. The number of ketones is 2. The molecule has 2 aliphatic rings. The van der Waals surface area contributed by atoms with Crippen LogP contribution in [0.3, 0.4) is 0 Å². The van der Waals surface area contributed by atoms with Crippen LogP contribution < -0.4 is 4.74 Å². The first-order chi connectivity index (χ1) is 13.1. The van der Waals surface area contributed by atoms with Crippen molar-refractivity contribution in [2.45, 2.75) is 47.0 Å². The number of fused-ring (bicyclic) bond motifs is 1. The Bertz CT molecular complexity index is 936. The number of allylic oxidation sites excluding steroid dienone is 5. The normalized spacial score (nSPS) is 30.0. The van der Waals surface area contributed by atoms with E-state index in [-0.39, 0.29) is 17.3 Å². The lowest BCUT2D eigenvalue weighted by Gasteiger charge is -2.54. The number of aromatic hydroxyl groups is 1. The average Bonchev–Trinajstić information content (AvgIpc) is 2.68.